The number of hydrogen-bond acceptors (Lipinski definition) is 6. The van der Waals surface area contributed by atoms with Gasteiger partial charge in [0, 0.05) is 0 Å². The number of aromatic nitrogens is 1. The molecule has 0 bridgehead atoms. The monoisotopic (exact) mass is 409 g/mol. The lowest BCUT2D eigenvalue weighted by Gasteiger charge is -2.33. The molecule has 0 radical (unpaired) electrons. The fourth-order valence-corrected chi connectivity index (χ4v) is 4.83. The van der Waals surface area contributed by atoms with Gasteiger partial charge in [-0.05, 0) is 54.0 Å². The first-order valence-electron chi connectivity index (χ1n) is 9.40. The van der Waals surface area contributed by atoms with Crippen LogP contribution < -0.4 is 10.1 Å². The Bertz CT molecular complexity index is 1090. The summed E-state index contributed by atoms with van der Waals surface area (Å²) in [6.07, 6.45) is 3.74. The van der Waals surface area contributed by atoms with E-state index in [4.69, 9.17) is 9.15 Å². The Morgan fingerprint density at radius 2 is 2.24 bits per heavy atom. The van der Waals surface area contributed by atoms with Gasteiger partial charge in [0.05, 0.1) is 24.2 Å². The number of urea groups is 1. The number of imide groups is 1. The van der Waals surface area contributed by atoms with Crippen molar-refractivity contribution in [3.05, 3.63) is 58.8 Å². The summed E-state index contributed by atoms with van der Waals surface area (Å²) in [5.41, 5.74) is 1.41. The molecule has 148 valence electrons. The van der Waals surface area contributed by atoms with E-state index in [0.29, 0.717) is 18.0 Å². The maximum absolute atomic E-state index is 13.4. The highest BCUT2D eigenvalue weighted by Gasteiger charge is 2.54. The second-order valence-corrected chi connectivity index (χ2v) is 8.17. The van der Waals surface area contributed by atoms with Gasteiger partial charge in [-0.1, -0.05) is 12.1 Å². The Morgan fingerprint density at radius 3 is 3.03 bits per heavy atom. The number of aryl methyl sites for hydroxylation is 1. The first-order chi connectivity index (χ1) is 14.1. The molecule has 1 saturated heterocycles. The van der Waals surface area contributed by atoms with Crippen LogP contribution in [0, 0.1) is 0 Å². The molecule has 3 heterocycles. The Labute approximate surface area is 171 Å². The molecule has 2 aliphatic rings. The molecule has 1 aliphatic carbocycles. The molecule has 1 atom stereocenters. The molecule has 0 unspecified atom stereocenters. The van der Waals surface area contributed by atoms with E-state index in [-0.39, 0.29) is 12.5 Å². The summed E-state index contributed by atoms with van der Waals surface area (Å²) in [6.45, 7) is 0.0762. The van der Waals surface area contributed by atoms with Gasteiger partial charge in [0.2, 0.25) is 5.89 Å². The summed E-state index contributed by atoms with van der Waals surface area (Å²) >= 11 is 1.52. The number of ether oxygens (including phenoxy) is 1. The van der Waals surface area contributed by atoms with Crippen molar-refractivity contribution in [2.24, 2.45) is 0 Å². The number of benzene rings is 1. The van der Waals surface area contributed by atoms with E-state index in [1.807, 2.05) is 35.7 Å². The predicted molar refractivity (Wildman–Crippen MR) is 107 cm³/mol. The van der Waals surface area contributed by atoms with Crippen molar-refractivity contribution in [2.75, 3.05) is 7.11 Å². The van der Waals surface area contributed by atoms with Crippen LogP contribution in [0.1, 0.15) is 29.7 Å². The summed E-state index contributed by atoms with van der Waals surface area (Å²) in [4.78, 5) is 32.7. The van der Waals surface area contributed by atoms with E-state index < -0.39 is 11.6 Å². The Kier molecular flexibility index (Phi) is 4.16. The van der Waals surface area contributed by atoms with E-state index in [2.05, 4.69) is 10.3 Å². The summed E-state index contributed by atoms with van der Waals surface area (Å²) in [6, 6.07) is 9.10. The first-order valence-corrected chi connectivity index (χ1v) is 10.3. The molecule has 1 aromatic carbocycles. The van der Waals surface area contributed by atoms with Gasteiger partial charge in [-0.15, -0.1) is 11.3 Å². The Hall–Kier alpha value is -3.13. The lowest BCUT2D eigenvalue weighted by Crippen LogP contribution is -2.46. The van der Waals surface area contributed by atoms with Crippen LogP contribution in [0.15, 0.2) is 46.4 Å². The third-order valence-corrected chi connectivity index (χ3v) is 6.41. The number of thiophene rings is 1. The number of oxazole rings is 1. The van der Waals surface area contributed by atoms with Gasteiger partial charge in [-0.2, -0.15) is 0 Å². The molecule has 3 amide bonds. The van der Waals surface area contributed by atoms with Gasteiger partial charge in [0.25, 0.3) is 5.91 Å². The quantitative estimate of drug-likeness (QED) is 0.664. The SMILES string of the molecule is COc1ccc2c(c1)CCC[C@]21NC(=O)N(Cc2coc(-c3cccs3)n2)C1=O. The van der Waals surface area contributed by atoms with Crippen molar-refractivity contribution in [1.29, 1.82) is 0 Å². The number of nitrogens with zero attached hydrogens (tertiary/aromatic N) is 2. The van der Waals surface area contributed by atoms with Crippen LogP contribution in [-0.4, -0.2) is 28.9 Å². The van der Waals surface area contributed by atoms with Crippen LogP contribution in [-0.2, 0) is 23.3 Å². The third-order valence-electron chi connectivity index (χ3n) is 5.55. The third kappa shape index (κ3) is 2.82. The topological polar surface area (TPSA) is 84.7 Å². The lowest BCUT2D eigenvalue weighted by atomic mass is 9.76. The van der Waals surface area contributed by atoms with Gasteiger partial charge >= 0.3 is 6.03 Å². The van der Waals surface area contributed by atoms with Crippen LogP contribution >= 0.6 is 11.3 Å². The molecule has 5 rings (SSSR count). The molecule has 0 saturated carbocycles. The van der Waals surface area contributed by atoms with E-state index >= 15 is 0 Å². The molecule has 7 nitrogen and oxygen atoms in total. The van der Waals surface area contributed by atoms with E-state index in [1.165, 1.54) is 22.5 Å². The minimum absolute atomic E-state index is 0.0762. The average molecular weight is 409 g/mol. The van der Waals surface area contributed by atoms with Gasteiger partial charge in [0.1, 0.15) is 17.6 Å². The number of hydrogen-bond donors (Lipinski definition) is 1. The minimum atomic E-state index is -1.02. The zero-order chi connectivity index (χ0) is 20.0. The fraction of sp³-hybridized carbons (Fsp3) is 0.286. The Morgan fingerprint density at radius 1 is 1.34 bits per heavy atom. The number of methoxy groups -OCH3 is 1. The smallest absolute Gasteiger partial charge is 0.325 e. The summed E-state index contributed by atoms with van der Waals surface area (Å²) in [5, 5.41) is 4.90. The fourth-order valence-electron chi connectivity index (χ4n) is 4.18. The molecule has 29 heavy (non-hydrogen) atoms. The second kappa shape index (κ2) is 6.73. The van der Waals surface area contributed by atoms with Gasteiger partial charge in [0.15, 0.2) is 0 Å². The molecule has 3 aromatic rings. The van der Waals surface area contributed by atoms with Crippen molar-refractivity contribution in [3.63, 3.8) is 0 Å². The van der Waals surface area contributed by atoms with Crippen LogP contribution in [0.5, 0.6) is 5.75 Å². The van der Waals surface area contributed by atoms with Crippen LogP contribution in [0.2, 0.25) is 0 Å². The molecule has 1 N–H and O–H groups in total. The van der Waals surface area contributed by atoms with Crippen molar-refractivity contribution < 1.29 is 18.7 Å². The van der Waals surface area contributed by atoms with Crippen molar-refractivity contribution in [2.45, 2.75) is 31.3 Å². The number of rotatable bonds is 4. The molecule has 1 spiro atoms. The highest BCUT2D eigenvalue weighted by atomic mass is 32.1. The van der Waals surface area contributed by atoms with Gasteiger partial charge < -0.3 is 14.5 Å². The molecule has 2 aromatic heterocycles. The van der Waals surface area contributed by atoms with Crippen molar-refractivity contribution in [3.8, 4) is 16.5 Å². The van der Waals surface area contributed by atoms with Crippen molar-refractivity contribution in [1.82, 2.24) is 15.2 Å². The largest absolute Gasteiger partial charge is 0.497 e. The van der Waals surface area contributed by atoms with Crippen molar-refractivity contribution >= 4 is 23.3 Å². The molecular formula is C21H19N3O4S. The highest BCUT2D eigenvalue weighted by molar-refractivity contribution is 7.13. The second-order valence-electron chi connectivity index (χ2n) is 7.22. The van der Waals surface area contributed by atoms with Crippen LogP contribution in [0.25, 0.3) is 10.8 Å². The maximum atomic E-state index is 13.4. The number of carbonyl (C=O) groups excluding carboxylic acids is 2. The van der Waals surface area contributed by atoms with E-state index in [9.17, 15) is 9.59 Å². The van der Waals surface area contributed by atoms with Gasteiger partial charge in [-0.3, -0.25) is 9.69 Å². The lowest BCUT2D eigenvalue weighted by molar-refractivity contribution is -0.132. The summed E-state index contributed by atoms with van der Waals surface area (Å²) in [5.74, 6) is 0.999. The van der Waals surface area contributed by atoms with E-state index in [0.717, 1.165) is 34.6 Å². The minimum Gasteiger partial charge on any atom is -0.497 e. The molecule has 8 heteroatoms. The number of carbonyl (C=O) groups is 2. The predicted octanol–water partition coefficient (Wildman–Crippen LogP) is 3.70. The standard InChI is InChI=1S/C21H19N3O4S/c1-27-15-6-7-16-13(10-15)4-2-8-21(16)19(25)24(20(26)23-21)11-14-12-28-18(22-14)17-5-3-9-29-17/h3,5-7,9-10,12H,2,4,8,11H2,1H3,(H,23,26)/t21-/m0/s1. The number of nitrogens with one attached hydrogen (secondary N) is 1. The average Bonchev–Trinajstić information content (AvgIpc) is 3.46. The molecular weight excluding hydrogens is 390 g/mol. The van der Waals surface area contributed by atoms with Crippen LogP contribution in [0.3, 0.4) is 0 Å². The van der Waals surface area contributed by atoms with Crippen LogP contribution in [0.4, 0.5) is 4.79 Å². The summed E-state index contributed by atoms with van der Waals surface area (Å²) < 4.78 is 10.8. The van der Waals surface area contributed by atoms with E-state index in [1.54, 1.807) is 7.11 Å². The molecule has 1 fully saturated rings. The number of amides is 3. The number of fused-ring (bicyclic) bond motifs is 2. The Balaban J connectivity index is 1.44. The normalized spacial score (nSPS) is 20.8. The first kappa shape index (κ1) is 17.9. The highest BCUT2D eigenvalue weighted by Crippen LogP contribution is 2.41. The zero-order valence-corrected chi connectivity index (χ0v) is 16.6. The summed E-state index contributed by atoms with van der Waals surface area (Å²) in [7, 11) is 1.62. The maximum Gasteiger partial charge on any atom is 0.325 e. The van der Waals surface area contributed by atoms with Gasteiger partial charge in [-0.25, -0.2) is 9.78 Å². The molecule has 1 aliphatic heterocycles. The zero-order valence-electron chi connectivity index (χ0n) is 15.8.